The number of rotatable bonds is 4. The minimum atomic E-state index is -0.0454. The topological polar surface area (TPSA) is 18.5 Å². The maximum absolute atomic E-state index is 6.03. The second-order valence-corrected chi connectivity index (χ2v) is 4.60. The zero-order valence-corrected chi connectivity index (χ0v) is 10.9. The average Bonchev–Trinajstić information content (AvgIpc) is 2.46. The van der Waals surface area contributed by atoms with Crippen molar-refractivity contribution in [2.45, 2.75) is 45.0 Å². The molecule has 0 spiro atoms. The van der Waals surface area contributed by atoms with Crippen molar-refractivity contribution in [1.82, 2.24) is 0 Å². The molecule has 2 atom stereocenters. The van der Waals surface area contributed by atoms with Crippen LogP contribution in [0.25, 0.3) is 0 Å². The van der Waals surface area contributed by atoms with Gasteiger partial charge in [-0.2, -0.15) is 0 Å². The van der Waals surface area contributed by atoms with Gasteiger partial charge in [-0.25, -0.2) is 0 Å². The normalized spacial score (nSPS) is 21.2. The second-order valence-electron chi connectivity index (χ2n) is 4.60. The molecule has 0 aliphatic carbocycles. The lowest BCUT2D eigenvalue weighted by molar-refractivity contribution is -0.190. The molecule has 1 aromatic rings. The van der Waals surface area contributed by atoms with Crippen LogP contribution in [-0.2, 0) is 9.47 Å². The first-order chi connectivity index (χ1) is 8.83. The van der Waals surface area contributed by atoms with E-state index in [1.54, 1.807) is 0 Å². The maximum Gasteiger partial charge on any atom is 0.158 e. The molecule has 0 saturated carbocycles. The lowest BCUT2D eigenvalue weighted by atomic mass is 10.0. The van der Waals surface area contributed by atoms with Crippen LogP contribution in [0.3, 0.4) is 0 Å². The van der Waals surface area contributed by atoms with Gasteiger partial charge >= 0.3 is 0 Å². The quantitative estimate of drug-likeness (QED) is 0.752. The van der Waals surface area contributed by atoms with Crippen molar-refractivity contribution < 1.29 is 9.47 Å². The van der Waals surface area contributed by atoms with E-state index in [2.05, 4.69) is 12.8 Å². The maximum atomic E-state index is 6.03. The lowest BCUT2D eigenvalue weighted by Gasteiger charge is -2.27. The van der Waals surface area contributed by atoms with Crippen LogP contribution in [-0.4, -0.2) is 12.9 Å². The van der Waals surface area contributed by atoms with Crippen molar-refractivity contribution in [2.24, 2.45) is 0 Å². The fourth-order valence-electron chi connectivity index (χ4n) is 2.21. The Bertz CT molecular complexity index is 396. The van der Waals surface area contributed by atoms with E-state index in [0.29, 0.717) is 0 Å². The van der Waals surface area contributed by atoms with Crippen LogP contribution in [0.2, 0.25) is 0 Å². The van der Waals surface area contributed by atoms with E-state index in [0.717, 1.165) is 31.4 Å². The zero-order chi connectivity index (χ0) is 12.8. The molecule has 2 nitrogen and oxygen atoms in total. The molecule has 2 rings (SSSR count). The van der Waals surface area contributed by atoms with Gasteiger partial charge in [0.25, 0.3) is 0 Å². The van der Waals surface area contributed by atoms with Crippen LogP contribution in [0, 0.1) is 12.3 Å². The molecule has 2 unspecified atom stereocenters. The monoisotopic (exact) mass is 244 g/mol. The summed E-state index contributed by atoms with van der Waals surface area (Å²) >= 11 is 0. The van der Waals surface area contributed by atoms with Crippen molar-refractivity contribution in [2.75, 3.05) is 6.61 Å². The van der Waals surface area contributed by atoms with Gasteiger partial charge in [0.15, 0.2) is 6.29 Å². The fourth-order valence-corrected chi connectivity index (χ4v) is 2.21. The number of hydrogen-bond acceptors (Lipinski definition) is 2. The lowest BCUT2D eigenvalue weighted by Crippen LogP contribution is -2.24. The number of benzene rings is 1. The Morgan fingerprint density at radius 2 is 2.17 bits per heavy atom. The molecule has 2 heteroatoms. The highest BCUT2D eigenvalue weighted by Gasteiger charge is 2.19. The third kappa shape index (κ3) is 3.35. The van der Waals surface area contributed by atoms with E-state index in [-0.39, 0.29) is 12.4 Å². The molecule has 1 aliphatic rings. The predicted octanol–water partition coefficient (Wildman–Crippen LogP) is 3.66. The van der Waals surface area contributed by atoms with Crippen molar-refractivity contribution in [3.63, 3.8) is 0 Å². The van der Waals surface area contributed by atoms with Gasteiger partial charge in [-0.1, -0.05) is 25.0 Å². The Morgan fingerprint density at radius 3 is 2.72 bits per heavy atom. The Balaban J connectivity index is 2.00. The highest BCUT2D eigenvalue weighted by atomic mass is 16.7. The van der Waals surface area contributed by atoms with Gasteiger partial charge in [-0.05, 0) is 43.4 Å². The van der Waals surface area contributed by atoms with Crippen molar-refractivity contribution in [3.8, 4) is 12.3 Å². The predicted molar refractivity (Wildman–Crippen MR) is 72.1 cm³/mol. The molecule has 0 bridgehead atoms. The molecule has 0 amide bonds. The summed E-state index contributed by atoms with van der Waals surface area (Å²) in [5.74, 6) is 2.63. The van der Waals surface area contributed by atoms with Crippen LogP contribution < -0.4 is 0 Å². The molecule has 1 heterocycles. The first kappa shape index (κ1) is 13.1. The number of hydrogen-bond donors (Lipinski definition) is 0. The summed E-state index contributed by atoms with van der Waals surface area (Å²) in [4.78, 5) is 0. The first-order valence-corrected chi connectivity index (χ1v) is 6.67. The Hall–Kier alpha value is -1.30. The summed E-state index contributed by atoms with van der Waals surface area (Å²) in [6.07, 6.45) is 9.69. The third-order valence-electron chi connectivity index (χ3n) is 3.27. The first-order valence-electron chi connectivity index (χ1n) is 6.67. The average molecular weight is 244 g/mol. The minimum Gasteiger partial charge on any atom is -0.353 e. The van der Waals surface area contributed by atoms with Gasteiger partial charge in [0, 0.05) is 12.2 Å². The summed E-state index contributed by atoms with van der Waals surface area (Å²) in [5.41, 5.74) is 2.08. The smallest absolute Gasteiger partial charge is 0.158 e. The second kappa shape index (κ2) is 6.58. The Kier molecular flexibility index (Phi) is 4.81. The Labute approximate surface area is 109 Å². The minimum absolute atomic E-state index is 0.0454. The van der Waals surface area contributed by atoms with E-state index < -0.39 is 0 Å². The van der Waals surface area contributed by atoms with E-state index in [1.807, 2.05) is 24.3 Å². The molecule has 0 aromatic heterocycles. The molecule has 96 valence electrons. The standard InChI is InChI=1S/C16H20O2/c1-3-13-8-10-14(11-9-13)15(4-2)18-16-7-5-6-12-17-16/h1,8-11,15-16H,4-7,12H2,2H3. The highest BCUT2D eigenvalue weighted by molar-refractivity contribution is 5.34. The third-order valence-corrected chi connectivity index (χ3v) is 3.27. The van der Waals surface area contributed by atoms with Gasteiger partial charge in [-0.15, -0.1) is 6.42 Å². The Morgan fingerprint density at radius 1 is 1.39 bits per heavy atom. The van der Waals surface area contributed by atoms with E-state index >= 15 is 0 Å². The fraction of sp³-hybridized carbons (Fsp3) is 0.500. The summed E-state index contributed by atoms with van der Waals surface area (Å²) in [6.45, 7) is 2.94. The summed E-state index contributed by atoms with van der Waals surface area (Å²) < 4.78 is 11.6. The van der Waals surface area contributed by atoms with Crippen molar-refractivity contribution in [3.05, 3.63) is 35.4 Å². The molecule has 1 aromatic carbocycles. The molecule has 1 aliphatic heterocycles. The van der Waals surface area contributed by atoms with E-state index in [1.165, 1.54) is 12.0 Å². The van der Waals surface area contributed by atoms with Gasteiger partial charge in [0.05, 0.1) is 6.10 Å². The van der Waals surface area contributed by atoms with E-state index in [9.17, 15) is 0 Å². The molecule has 1 fully saturated rings. The van der Waals surface area contributed by atoms with Crippen molar-refractivity contribution in [1.29, 1.82) is 0 Å². The van der Waals surface area contributed by atoms with Crippen LogP contribution >= 0.6 is 0 Å². The number of terminal acetylenes is 1. The van der Waals surface area contributed by atoms with Crippen LogP contribution in [0.4, 0.5) is 0 Å². The van der Waals surface area contributed by atoms with E-state index in [4.69, 9.17) is 15.9 Å². The van der Waals surface area contributed by atoms with Gasteiger partial charge in [0.2, 0.25) is 0 Å². The molecule has 0 radical (unpaired) electrons. The van der Waals surface area contributed by atoms with Gasteiger partial charge in [-0.3, -0.25) is 0 Å². The molecule has 18 heavy (non-hydrogen) atoms. The van der Waals surface area contributed by atoms with Gasteiger partial charge < -0.3 is 9.47 Å². The van der Waals surface area contributed by atoms with Gasteiger partial charge in [0.1, 0.15) is 0 Å². The largest absolute Gasteiger partial charge is 0.353 e. The van der Waals surface area contributed by atoms with Crippen molar-refractivity contribution >= 4 is 0 Å². The molecular formula is C16H20O2. The SMILES string of the molecule is C#Cc1ccc(C(CC)OC2CCCCO2)cc1. The number of ether oxygens (including phenoxy) is 2. The molecular weight excluding hydrogens is 224 g/mol. The highest BCUT2D eigenvalue weighted by Crippen LogP contribution is 2.26. The summed E-state index contributed by atoms with van der Waals surface area (Å²) in [5, 5.41) is 0. The van der Waals surface area contributed by atoms with Crippen LogP contribution in [0.1, 0.15) is 49.8 Å². The summed E-state index contributed by atoms with van der Waals surface area (Å²) in [6, 6.07) is 8.02. The van der Waals surface area contributed by atoms with Crippen LogP contribution in [0.15, 0.2) is 24.3 Å². The molecule has 0 N–H and O–H groups in total. The van der Waals surface area contributed by atoms with Crippen LogP contribution in [0.5, 0.6) is 0 Å². The summed E-state index contributed by atoms with van der Waals surface area (Å²) in [7, 11) is 0. The zero-order valence-electron chi connectivity index (χ0n) is 10.9. The molecule has 1 saturated heterocycles.